The van der Waals surface area contributed by atoms with Crippen molar-refractivity contribution in [1.29, 1.82) is 0 Å². The molecule has 0 radical (unpaired) electrons. The predicted octanol–water partition coefficient (Wildman–Crippen LogP) is 4.56. The quantitative estimate of drug-likeness (QED) is 0.544. The molecule has 4 nitrogen and oxygen atoms in total. The Bertz CT molecular complexity index is 944. The maximum absolute atomic E-state index is 12.7. The number of amides is 1. The lowest BCUT2D eigenvalue weighted by Crippen LogP contribution is -2.31. The predicted molar refractivity (Wildman–Crippen MR) is 116 cm³/mol. The van der Waals surface area contributed by atoms with E-state index in [1.54, 1.807) is 12.0 Å². The van der Waals surface area contributed by atoms with Gasteiger partial charge in [0.05, 0.1) is 18.1 Å². The van der Waals surface area contributed by atoms with Crippen molar-refractivity contribution in [2.24, 2.45) is 0 Å². The summed E-state index contributed by atoms with van der Waals surface area (Å²) in [6.07, 6.45) is 1.95. The Morgan fingerprint density at radius 2 is 1.93 bits per heavy atom. The Labute approximate surface area is 170 Å². The summed E-state index contributed by atoms with van der Waals surface area (Å²) in [5, 5.41) is 0. The van der Waals surface area contributed by atoms with Gasteiger partial charge >= 0.3 is 0 Å². The topological polar surface area (TPSA) is 34.5 Å². The number of hydrogen-bond acceptors (Lipinski definition) is 4. The molecule has 1 fully saturated rings. The molecule has 6 heteroatoms. The first kappa shape index (κ1) is 19.9. The van der Waals surface area contributed by atoms with Gasteiger partial charge < -0.3 is 9.30 Å². The monoisotopic (exact) mass is 400 g/mol. The van der Waals surface area contributed by atoms with Gasteiger partial charge in [-0.25, -0.2) is 0 Å². The largest absolute Gasteiger partial charge is 0.383 e. The van der Waals surface area contributed by atoms with E-state index in [4.69, 9.17) is 17.0 Å². The average molecular weight is 401 g/mol. The molecule has 0 N–H and O–H groups in total. The normalized spacial score (nSPS) is 16.0. The third-order valence-corrected chi connectivity index (χ3v) is 6.12. The molecule has 1 aromatic carbocycles. The maximum atomic E-state index is 12.7. The van der Waals surface area contributed by atoms with Gasteiger partial charge in [0.1, 0.15) is 4.32 Å². The van der Waals surface area contributed by atoms with E-state index in [1.807, 2.05) is 6.08 Å². The van der Waals surface area contributed by atoms with Crippen LogP contribution in [0, 0.1) is 27.7 Å². The number of hydrogen-bond donors (Lipinski definition) is 0. The summed E-state index contributed by atoms with van der Waals surface area (Å²) in [5.74, 6) is -0.0432. The van der Waals surface area contributed by atoms with Crippen molar-refractivity contribution in [3.05, 3.63) is 57.2 Å². The Morgan fingerprint density at radius 1 is 1.19 bits per heavy atom. The minimum Gasteiger partial charge on any atom is -0.383 e. The first-order chi connectivity index (χ1) is 12.8. The number of carbonyl (C=O) groups is 1. The van der Waals surface area contributed by atoms with Crippen LogP contribution in [0.25, 0.3) is 11.8 Å². The minimum absolute atomic E-state index is 0.0432. The molecule has 1 amide bonds. The number of carbonyl (C=O) groups excluding carboxylic acids is 1. The highest BCUT2D eigenvalue weighted by molar-refractivity contribution is 8.26. The molecule has 1 saturated heterocycles. The molecule has 1 aromatic heterocycles. The molecule has 1 aliphatic heterocycles. The van der Waals surface area contributed by atoms with Gasteiger partial charge in [-0.05, 0) is 57.0 Å². The molecule has 0 atom stereocenters. The first-order valence-electron chi connectivity index (χ1n) is 8.84. The summed E-state index contributed by atoms with van der Waals surface area (Å²) in [4.78, 5) is 15.0. The molecular weight excluding hydrogens is 376 g/mol. The van der Waals surface area contributed by atoms with Crippen LogP contribution >= 0.6 is 24.0 Å². The van der Waals surface area contributed by atoms with Crippen LogP contribution in [0.3, 0.4) is 0 Å². The van der Waals surface area contributed by atoms with Gasteiger partial charge in [0.15, 0.2) is 0 Å². The van der Waals surface area contributed by atoms with E-state index >= 15 is 0 Å². The van der Waals surface area contributed by atoms with Crippen molar-refractivity contribution in [2.75, 3.05) is 20.3 Å². The Hall–Kier alpha value is -1.89. The van der Waals surface area contributed by atoms with E-state index in [0.29, 0.717) is 22.4 Å². The summed E-state index contributed by atoms with van der Waals surface area (Å²) < 4.78 is 7.91. The molecule has 1 aliphatic rings. The summed E-state index contributed by atoms with van der Waals surface area (Å²) in [6.45, 7) is 9.36. The molecule has 142 valence electrons. The number of aryl methyl sites for hydroxylation is 3. The fourth-order valence-corrected chi connectivity index (χ4v) is 4.68. The number of aromatic nitrogens is 1. The van der Waals surface area contributed by atoms with Crippen LogP contribution in [0.4, 0.5) is 0 Å². The van der Waals surface area contributed by atoms with Crippen molar-refractivity contribution in [3.63, 3.8) is 0 Å². The zero-order valence-electron chi connectivity index (χ0n) is 16.3. The molecule has 2 aromatic rings. The maximum Gasteiger partial charge on any atom is 0.266 e. The molecule has 0 saturated carbocycles. The molecule has 0 unspecified atom stereocenters. The van der Waals surface area contributed by atoms with Gasteiger partial charge in [0.25, 0.3) is 5.91 Å². The lowest BCUT2D eigenvalue weighted by atomic mass is 10.1. The van der Waals surface area contributed by atoms with Crippen molar-refractivity contribution in [3.8, 4) is 5.69 Å². The fraction of sp³-hybridized carbons (Fsp3) is 0.333. The van der Waals surface area contributed by atoms with E-state index < -0.39 is 0 Å². The van der Waals surface area contributed by atoms with Crippen LogP contribution in [0.5, 0.6) is 0 Å². The Balaban J connectivity index is 1.97. The highest BCUT2D eigenvalue weighted by atomic mass is 32.2. The van der Waals surface area contributed by atoms with E-state index in [0.717, 1.165) is 17.0 Å². The Kier molecular flexibility index (Phi) is 5.89. The summed E-state index contributed by atoms with van der Waals surface area (Å²) in [7, 11) is 1.62. The number of rotatable bonds is 5. The van der Waals surface area contributed by atoms with Gasteiger partial charge in [-0.15, -0.1) is 0 Å². The van der Waals surface area contributed by atoms with Crippen LogP contribution in [0.15, 0.2) is 29.2 Å². The van der Waals surface area contributed by atoms with Gasteiger partial charge in [-0.1, -0.05) is 41.7 Å². The van der Waals surface area contributed by atoms with Crippen LogP contribution in [0.2, 0.25) is 0 Å². The molecular formula is C21H24N2O2S2. The van der Waals surface area contributed by atoms with E-state index in [2.05, 4.69) is 56.5 Å². The number of ether oxygens (including phenoxy) is 1. The van der Waals surface area contributed by atoms with Gasteiger partial charge in [-0.3, -0.25) is 9.69 Å². The van der Waals surface area contributed by atoms with Gasteiger partial charge in [0.2, 0.25) is 0 Å². The SMILES string of the molecule is COCCN1C(=O)/C(=C/c2cc(C)n(-c3ccc(C)cc3C)c2C)SC1=S. The van der Waals surface area contributed by atoms with Gasteiger partial charge in [0, 0.05) is 24.2 Å². The molecule has 0 spiro atoms. The minimum atomic E-state index is -0.0432. The lowest BCUT2D eigenvalue weighted by Gasteiger charge is -2.13. The fourth-order valence-electron chi connectivity index (χ4n) is 3.38. The Morgan fingerprint density at radius 3 is 2.59 bits per heavy atom. The average Bonchev–Trinajstić information content (AvgIpc) is 3.03. The first-order valence-corrected chi connectivity index (χ1v) is 10.1. The smallest absolute Gasteiger partial charge is 0.266 e. The number of thioether (sulfide) groups is 1. The standard InChI is InChI=1S/C21H24N2O2S2/c1-13-6-7-18(14(2)10-13)23-15(3)11-17(16(23)4)12-19-20(24)22(8-9-25-5)21(26)27-19/h6-7,10-12H,8-9H2,1-5H3/b19-12-. The molecule has 0 bridgehead atoms. The molecule has 27 heavy (non-hydrogen) atoms. The second kappa shape index (κ2) is 8.00. The lowest BCUT2D eigenvalue weighted by molar-refractivity contribution is -0.122. The van der Waals surface area contributed by atoms with E-state index in [-0.39, 0.29) is 5.91 Å². The zero-order chi connectivity index (χ0) is 19.7. The van der Waals surface area contributed by atoms with Crippen molar-refractivity contribution >= 4 is 40.3 Å². The van der Waals surface area contributed by atoms with Crippen LogP contribution < -0.4 is 0 Å². The third kappa shape index (κ3) is 3.88. The second-order valence-electron chi connectivity index (χ2n) is 6.78. The van der Waals surface area contributed by atoms with Crippen LogP contribution in [-0.4, -0.2) is 40.0 Å². The van der Waals surface area contributed by atoms with Crippen LogP contribution in [-0.2, 0) is 9.53 Å². The highest BCUT2D eigenvalue weighted by Crippen LogP contribution is 2.34. The van der Waals surface area contributed by atoms with Crippen LogP contribution in [0.1, 0.15) is 28.1 Å². The van der Waals surface area contributed by atoms with E-state index in [1.165, 1.54) is 28.6 Å². The highest BCUT2D eigenvalue weighted by Gasteiger charge is 2.31. The number of nitrogens with zero attached hydrogens (tertiary/aromatic N) is 2. The summed E-state index contributed by atoms with van der Waals surface area (Å²) in [6, 6.07) is 8.59. The summed E-state index contributed by atoms with van der Waals surface area (Å²) in [5.41, 5.74) is 6.94. The second-order valence-corrected chi connectivity index (χ2v) is 8.45. The molecule has 3 rings (SSSR count). The number of benzene rings is 1. The number of thiocarbonyl (C=S) groups is 1. The van der Waals surface area contributed by atoms with Crippen molar-refractivity contribution < 1.29 is 9.53 Å². The summed E-state index contributed by atoms with van der Waals surface area (Å²) >= 11 is 6.72. The molecule has 2 heterocycles. The molecule has 0 aliphatic carbocycles. The van der Waals surface area contributed by atoms with Gasteiger partial charge in [-0.2, -0.15) is 0 Å². The van der Waals surface area contributed by atoms with Crippen molar-refractivity contribution in [2.45, 2.75) is 27.7 Å². The number of methoxy groups -OCH3 is 1. The van der Waals surface area contributed by atoms with E-state index in [9.17, 15) is 4.79 Å². The van der Waals surface area contributed by atoms with Crippen molar-refractivity contribution in [1.82, 2.24) is 9.47 Å². The zero-order valence-corrected chi connectivity index (χ0v) is 18.0. The third-order valence-electron chi connectivity index (χ3n) is 4.74.